The van der Waals surface area contributed by atoms with Gasteiger partial charge in [-0.05, 0) is 31.9 Å². The molecule has 3 nitrogen and oxygen atoms in total. The summed E-state index contributed by atoms with van der Waals surface area (Å²) in [7, 11) is 1.67. The van der Waals surface area contributed by atoms with E-state index in [1.165, 1.54) is 0 Å². The predicted octanol–water partition coefficient (Wildman–Crippen LogP) is 4.13. The number of methoxy groups -OCH3 is 1. The lowest BCUT2D eigenvalue weighted by Gasteiger charge is -2.17. The highest BCUT2D eigenvalue weighted by Crippen LogP contribution is 2.35. The van der Waals surface area contributed by atoms with Gasteiger partial charge in [0.1, 0.15) is 0 Å². The van der Waals surface area contributed by atoms with Crippen LogP contribution in [-0.2, 0) is 6.54 Å². The fourth-order valence-electron chi connectivity index (χ4n) is 1.70. The first-order chi connectivity index (χ1) is 9.12. The van der Waals surface area contributed by atoms with Gasteiger partial charge in [0.05, 0.1) is 13.7 Å². The van der Waals surface area contributed by atoms with Gasteiger partial charge in [0.2, 0.25) is 0 Å². The molecule has 19 heavy (non-hydrogen) atoms. The van der Waals surface area contributed by atoms with Crippen LogP contribution in [-0.4, -0.2) is 19.8 Å². The second-order valence-corrected chi connectivity index (χ2v) is 5.55. The fraction of sp³-hybridized carbons (Fsp3) is 0.600. The summed E-state index contributed by atoms with van der Waals surface area (Å²) in [5, 5.41) is 3.49. The van der Waals surface area contributed by atoms with E-state index in [0.717, 1.165) is 40.9 Å². The minimum Gasteiger partial charge on any atom is -0.493 e. The molecule has 108 valence electrons. The van der Waals surface area contributed by atoms with Crippen molar-refractivity contribution in [1.82, 2.24) is 5.32 Å². The van der Waals surface area contributed by atoms with E-state index in [1.807, 2.05) is 6.07 Å². The van der Waals surface area contributed by atoms with Crippen molar-refractivity contribution in [3.63, 3.8) is 0 Å². The zero-order chi connectivity index (χ0) is 14.3. The molecule has 1 rings (SSSR count). The Balaban J connectivity index is 2.94. The molecular formula is C15H24BrNO2. The van der Waals surface area contributed by atoms with Crippen LogP contribution < -0.4 is 14.8 Å². The second kappa shape index (κ2) is 8.43. The smallest absolute Gasteiger partial charge is 0.165 e. The molecule has 1 aromatic rings. The lowest BCUT2D eigenvalue weighted by atomic mass is 10.1. The van der Waals surface area contributed by atoms with Gasteiger partial charge < -0.3 is 14.8 Å². The lowest BCUT2D eigenvalue weighted by molar-refractivity contribution is 0.290. The highest BCUT2D eigenvalue weighted by Gasteiger charge is 2.13. The normalized spacial score (nSPS) is 12.3. The Morgan fingerprint density at radius 3 is 2.63 bits per heavy atom. The van der Waals surface area contributed by atoms with Crippen molar-refractivity contribution >= 4 is 15.9 Å². The lowest BCUT2D eigenvalue weighted by Crippen LogP contribution is -2.24. The Morgan fingerprint density at radius 2 is 2.05 bits per heavy atom. The molecule has 1 N–H and O–H groups in total. The number of halogens is 1. The predicted molar refractivity (Wildman–Crippen MR) is 83.1 cm³/mol. The molecule has 0 heterocycles. The Morgan fingerprint density at radius 1 is 1.32 bits per heavy atom. The van der Waals surface area contributed by atoms with Crippen molar-refractivity contribution in [1.29, 1.82) is 0 Å². The Labute approximate surface area is 124 Å². The van der Waals surface area contributed by atoms with E-state index < -0.39 is 0 Å². The Kier molecular flexibility index (Phi) is 7.24. The van der Waals surface area contributed by atoms with Crippen molar-refractivity contribution in [2.75, 3.05) is 13.7 Å². The van der Waals surface area contributed by atoms with Gasteiger partial charge in [-0.25, -0.2) is 0 Å². The molecule has 0 amide bonds. The van der Waals surface area contributed by atoms with E-state index in [-0.39, 0.29) is 0 Å². The summed E-state index contributed by atoms with van der Waals surface area (Å²) in [5.41, 5.74) is 1.12. The molecule has 0 bridgehead atoms. The van der Waals surface area contributed by atoms with E-state index in [2.05, 4.69) is 48.1 Å². The third kappa shape index (κ3) is 5.03. The van der Waals surface area contributed by atoms with Crippen LogP contribution in [0.4, 0.5) is 0 Å². The summed E-state index contributed by atoms with van der Waals surface area (Å²) in [6.07, 6.45) is 2.09. The third-order valence-corrected chi connectivity index (χ3v) is 3.48. The quantitative estimate of drug-likeness (QED) is 0.777. The summed E-state index contributed by atoms with van der Waals surface area (Å²) in [4.78, 5) is 0. The molecule has 0 aliphatic carbocycles. The van der Waals surface area contributed by atoms with Crippen LogP contribution in [0.5, 0.6) is 11.5 Å². The maximum atomic E-state index is 5.84. The topological polar surface area (TPSA) is 30.5 Å². The summed E-state index contributed by atoms with van der Waals surface area (Å²) in [6.45, 7) is 7.94. The minimum atomic E-state index is 0.490. The van der Waals surface area contributed by atoms with Gasteiger partial charge >= 0.3 is 0 Å². The molecule has 1 unspecified atom stereocenters. The van der Waals surface area contributed by atoms with E-state index in [4.69, 9.17) is 9.47 Å². The SMILES string of the molecule is CCCOc1c(CNC(C)CC)cc(Br)cc1OC. The number of rotatable bonds is 8. The summed E-state index contributed by atoms with van der Waals surface area (Å²) < 4.78 is 12.3. The fourth-order valence-corrected chi connectivity index (χ4v) is 2.19. The number of benzene rings is 1. The van der Waals surface area contributed by atoms with Crippen molar-refractivity contribution in [3.8, 4) is 11.5 Å². The van der Waals surface area contributed by atoms with Crippen LogP contribution in [0.3, 0.4) is 0 Å². The first kappa shape index (κ1) is 16.3. The van der Waals surface area contributed by atoms with Crippen LogP contribution in [0.2, 0.25) is 0 Å². The highest BCUT2D eigenvalue weighted by atomic mass is 79.9. The first-order valence-electron chi connectivity index (χ1n) is 6.84. The van der Waals surface area contributed by atoms with Gasteiger partial charge in [0, 0.05) is 22.6 Å². The van der Waals surface area contributed by atoms with E-state index in [9.17, 15) is 0 Å². The summed E-state index contributed by atoms with van der Waals surface area (Å²) in [6, 6.07) is 4.52. The van der Waals surface area contributed by atoms with Gasteiger partial charge in [-0.1, -0.05) is 29.8 Å². The van der Waals surface area contributed by atoms with Crippen LogP contribution in [0.25, 0.3) is 0 Å². The molecule has 1 aromatic carbocycles. The van der Waals surface area contributed by atoms with E-state index >= 15 is 0 Å². The Bertz CT molecular complexity index is 396. The van der Waals surface area contributed by atoms with Crippen LogP contribution in [0.1, 0.15) is 39.2 Å². The Hall–Kier alpha value is -0.740. The maximum absolute atomic E-state index is 5.84. The van der Waals surface area contributed by atoms with Gasteiger partial charge in [0.25, 0.3) is 0 Å². The zero-order valence-corrected chi connectivity index (χ0v) is 13.8. The van der Waals surface area contributed by atoms with Gasteiger partial charge in [-0.2, -0.15) is 0 Å². The van der Waals surface area contributed by atoms with Gasteiger partial charge in [-0.3, -0.25) is 0 Å². The van der Waals surface area contributed by atoms with E-state index in [1.54, 1.807) is 7.11 Å². The number of nitrogens with one attached hydrogen (secondary N) is 1. The van der Waals surface area contributed by atoms with Crippen LogP contribution in [0.15, 0.2) is 16.6 Å². The number of hydrogen-bond acceptors (Lipinski definition) is 3. The van der Waals surface area contributed by atoms with Crippen molar-refractivity contribution < 1.29 is 9.47 Å². The number of hydrogen-bond donors (Lipinski definition) is 1. The number of ether oxygens (including phenoxy) is 2. The molecule has 0 spiro atoms. The van der Waals surface area contributed by atoms with Gasteiger partial charge in [-0.15, -0.1) is 0 Å². The molecule has 0 aromatic heterocycles. The first-order valence-corrected chi connectivity index (χ1v) is 7.64. The monoisotopic (exact) mass is 329 g/mol. The van der Waals surface area contributed by atoms with Crippen molar-refractivity contribution in [3.05, 3.63) is 22.2 Å². The molecule has 0 fully saturated rings. The standard InChI is InChI=1S/C15H24BrNO2/c1-5-7-19-15-12(10-17-11(3)6-2)8-13(16)9-14(15)18-4/h8-9,11,17H,5-7,10H2,1-4H3. The molecule has 0 saturated carbocycles. The second-order valence-electron chi connectivity index (χ2n) is 4.63. The van der Waals surface area contributed by atoms with Crippen molar-refractivity contribution in [2.45, 2.75) is 46.2 Å². The molecule has 0 aliphatic heterocycles. The maximum Gasteiger partial charge on any atom is 0.165 e. The molecule has 4 heteroatoms. The molecule has 0 radical (unpaired) electrons. The van der Waals surface area contributed by atoms with Crippen LogP contribution in [0, 0.1) is 0 Å². The molecule has 1 atom stereocenters. The zero-order valence-electron chi connectivity index (χ0n) is 12.3. The highest BCUT2D eigenvalue weighted by molar-refractivity contribution is 9.10. The summed E-state index contributed by atoms with van der Waals surface area (Å²) >= 11 is 3.52. The van der Waals surface area contributed by atoms with Gasteiger partial charge in [0.15, 0.2) is 11.5 Å². The van der Waals surface area contributed by atoms with Crippen LogP contribution >= 0.6 is 15.9 Å². The average molecular weight is 330 g/mol. The minimum absolute atomic E-state index is 0.490. The molecular weight excluding hydrogens is 306 g/mol. The van der Waals surface area contributed by atoms with E-state index in [0.29, 0.717) is 12.6 Å². The average Bonchev–Trinajstić information content (AvgIpc) is 2.42. The largest absolute Gasteiger partial charge is 0.493 e. The summed E-state index contributed by atoms with van der Waals surface area (Å²) in [5.74, 6) is 1.63. The third-order valence-electron chi connectivity index (χ3n) is 3.02. The molecule has 0 saturated heterocycles. The molecule has 0 aliphatic rings. The van der Waals surface area contributed by atoms with Crippen molar-refractivity contribution in [2.24, 2.45) is 0 Å².